The maximum atomic E-state index is 12.9. The van der Waals surface area contributed by atoms with E-state index in [1.807, 2.05) is 0 Å². The standard InChI is InChI=1S/C68H116O6/c1-4-7-10-13-16-19-22-25-28-30-32-33-34-35-36-38-40-43-46-49-52-55-58-61-67(70)73-64-65(63-72-66(69)60-57-54-51-48-45-42-39-27-24-21-18-15-12-9-6-3)74-68(71)62-59-56-53-50-47-44-41-37-31-29-26-23-20-17-14-11-8-5-2/h7,10,16,19,25,27-29,31-33,35-36,39-40,43,65H,4-6,8-9,11-15,17-18,20-24,26,30,34,37-38,41-42,44-64H2,1-3H3/b10-7-,19-16-,28-25-,31-29-,33-32-,36-35-,39-27-,43-40-. The number of carbonyl (C=O) groups excluding carboxylic acids is 3. The predicted molar refractivity (Wildman–Crippen MR) is 320 cm³/mol. The lowest BCUT2D eigenvalue weighted by Crippen LogP contribution is -2.30. The molecule has 0 bridgehead atoms. The van der Waals surface area contributed by atoms with E-state index >= 15 is 0 Å². The van der Waals surface area contributed by atoms with Crippen molar-refractivity contribution in [2.75, 3.05) is 13.2 Å². The van der Waals surface area contributed by atoms with Crippen LogP contribution in [-0.4, -0.2) is 37.2 Å². The highest BCUT2D eigenvalue weighted by molar-refractivity contribution is 5.71. The van der Waals surface area contributed by atoms with Crippen LogP contribution in [0.25, 0.3) is 0 Å². The first-order chi connectivity index (χ1) is 36.5. The van der Waals surface area contributed by atoms with Gasteiger partial charge in [-0.15, -0.1) is 0 Å². The third-order valence-electron chi connectivity index (χ3n) is 13.3. The number of allylic oxidation sites excluding steroid dienone is 16. The van der Waals surface area contributed by atoms with Crippen LogP contribution in [0.1, 0.15) is 297 Å². The molecule has 0 aliphatic rings. The maximum absolute atomic E-state index is 12.9. The topological polar surface area (TPSA) is 78.9 Å². The molecule has 0 saturated carbocycles. The normalized spacial score (nSPS) is 12.7. The van der Waals surface area contributed by atoms with E-state index in [4.69, 9.17) is 14.2 Å². The molecule has 0 aromatic heterocycles. The highest BCUT2D eigenvalue weighted by atomic mass is 16.6. The van der Waals surface area contributed by atoms with E-state index in [0.29, 0.717) is 19.3 Å². The highest BCUT2D eigenvalue weighted by Gasteiger charge is 2.19. The SMILES string of the molecule is CC/C=C\C/C=C\C/C=C\C/C=C\C/C=C\C/C=C\CCCCCCC(=O)OCC(COC(=O)CCCCCCC/C=C\CCCCCCCC)OC(=O)CCCCCCCCC/C=C\CCCCCCCCC. The summed E-state index contributed by atoms with van der Waals surface area (Å²) in [5, 5.41) is 0. The van der Waals surface area contributed by atoms with Gasteiger partial charge in [0.15, 0.2) is 6.10 Å². The van der Waals surface area contributed by atoms with Crippen molar-refractivity contribution in [2.24, 2.45) is 0 Å². The Morgan fingerprint density at radius 2 is 0.527 bits per heavy atom. The fourth-order valence-corrected chi connectivity index (χ4v) is 8.61. The van der Waals surface area contributed by atoms with Crippen molar-refractivity contribution in [3.63, 3.8) is 0 Å². The molecule has 0 amide bonds. The van der Waals surface area contributed by atoms with Gasteiger partial charge in [-0.1, -0.05) is 253 Å². The van der Waals surface area contributed by atoms with Crippen molar-refractivity contribution < 1.29 is 28.6 Å². The van der Waals surface area contributed by atoms with E-state index in [-0.39, 0.29) is 31.1 Å². The average molecular weight is 1030 g/mol. The van der Waals surface area contributed by atoms with Crippen molar-refractivity contribution in [1.82, 2.24) is 0 Å². The van der Waals surface area contributed by atoms with Gasteiger partial charge in [0.05, 0.1) is 0 Å². The number of carbonyl (C=O) groups is 3. The van der Waals surface area contributed by atoms with Crippen LogP contribution >= 0.6 is 0 Å². The van der Waals surface area contributed by atoms with Crippen molar-refractivity contribution in [3.05, 3.63) is 97.2 Å². The van der Waals surface area contributed by atoms with E-state index in [0.717, 1.165) is 116 Å². The summed E-state index contributed by atoms with van der Waals surface area (Å²) in [6.07, 6.45) is 82.6. The van der Waals surface area contributed by atoms with Crippen LogP contribution in [-0.2, 0) is 28.6 Å². The lowest BCUT2D eigenvalue weighted by Gasteiger charge is -2.18. The summed E-state index contributed by atoms with van der Waals surface area (Å²) in [6.45, 7) is 6.51. The second-order valence-electron chi connectivity index (χ2n) is 20.6. The molecule has 0 spiro atoms. The smallest absolute Gasteiger partial charge is 0.306 e. The Morgan fingerprint density at radius 3 is 0.838 bits per heavy atom. The first-order valence-corrected chi connectivity index (χ1v) is 31.2. The summed E-state index contributed by atoms with van der Waals surface area (Å²) in [6, 6.07) is 0. The van der Waals surface area contributed by atoms with Crippen molar-refractivity contribution in [1.29, 1.82) is 0 Å². The van der Waals surface area contributed by atoms with Crippen LogP contribution in [0.15, 0.2) is 97.2 Å². The van der Waals surface area contributed by atoms with Gasteiger partial charge in [0.2, 0.25) is 0 Å². The first kappa shape index (κ1) is 70.3. The fourth-order valence-electron chi connectivity index (χ4n) is 8.61. The molecule has 74 heavy (non-hydrogen) atoms. The molecule has 0 fully saturated rings. The lowest BCUT2D eigenvalue weighted by atomic mass is 10.1. The lowest BCUT2D eigenvalue weighted by molar-refractivity contribution is -0.167. The summed E-state index contributed by atoms with van der Waals surface area (Å²) in [5.74, 6) is -0.921. The zero-order valence-corrected chi connectivity index (χ0v) is 48.6. The summed E-state index contributed by atoms with van der Waals surface area (Å²) in [5.41, 5.74) is 0. The molecule has 0 heterocycles. The molecule has 6 heteroatoms. The Kier molecular flexibility index (Phi) is 58.8. The minimum absolute atomic E-state index is 0.0914. The largest absolute Gasteiger partial charge is 0.462 e. The third kappa shape index (κ3) is 59.2. The summed E-state index contributed by atoms with van der Waals surface area (Å²) < 4.78 is 16.9. The molecule has 0 aliphatic carbocycles. The summed E-state index contributed by atoms with van der Waals surface area (Å²) in [4.78, 5) is 38.3. The quantitative estimate of drug-likeness (QED) is 0.0261. The average Bonchev–Trinajstić information content (AvgIpc) is 3.40. The van der Waals surface area contributed by atoms with Crippen molar-refractivity contribution >= 4 is 17.9 Å². The van der Waals surface area contributed by atoms with Gasteiger partial charge >= 0.3 is 17.9 Å². The van der Waals surface area contributed by atoms with E-state index < -0.39 is 6.10 Å². The first-order valence-electron chi connectivity index (χ1n) is 31.2. The van der Waals surface area contributed by atoms with Crippen molar-refractivity contribution in [2.45, 2.75) is 303 Å². The van der Waals surface area contributed by atoms with Gasteiger partial charge in [0.1, 0.15) is 13.2 Å². The Balaban J connectivity index is 4.44. The second-order valence-corrected chi connectivity index (χ2v) is 20.6. The predicted octanol–water partition coefficient (Wildman–Crippen LogP) is 21.3. The van der Waals surface area contributed by atoms with Crippen LogP contribution in [0.4, 0.5) is 0 Å². The maximum Gasteiger partial charge on any atom is 0.306 e. The molecule has 424 valence electrons. The van der Waals surface area contributed by atoms with Crippen molar-refractivity contribution in [3.8, 4) is 0 Å². The number of rotatable bonds is 56. The van der Waals surface area contributed by atoms with Gasteiger partial charge in [-0.05, 0) is 122 Å². The minimum atomic E-state index is -0.796. The van der Waals surface area contributed by atoms with E-state index in [1.54, 1.807) is 0 Å². The Bertz CT molecular complexity index is 1460. The van der Waals surface area contributed by atoms with Crippen LogP contribution in [0.2, 0.25) is 0 Å². The van der Waals surface area contributed by atoms with Gasteiger partial charge in [0.25, 0.3) is 0 Å². The second kappa shape index (κ2) is 61.9. The van der Waals surface area contributed by atoms with Gasteiger partial charge in [-0.2, -0.15) is 0 Å². The van der Waals surface area contributed by atoms with Crippen LogP contribution in [0.5, 0.6) is 0 Å². The summed E-state index contributed by atoms with van der Waals surface area (Å²) in [7, 11) is 0. The molecule has 0 aromatic carbocycles. The molecule has 1 unspecified atom stereocenters. The summed E-state index contributed by atoms with van der Waals surface area (Å²) >= 11 is 0. The number of ether oxygens (including phenoxy) is 3. The highest BCUT2D eigenvalue weighted by Crippen LogP contribution is 2.15. The molecular weight excluding hydrogens is 913 g/mol. The van der Waals surface area contributed by atoms with Gasteiger partial charge < -0.3 is 14.2 Å². The molecule has 6 nitrogen and oxygen atoms in total. The van der Waals surface area contributed by atoms with E-state index in [9.17, 15) is 14.4 Å². The number of hydrogen-bond acceptors (Lipinski definition) is 6. The van der Waals surface area contributed by atoms with Crippen LogP contribution < -0.4 is 0 Å². The van der Waals surface area contributed by atoms with E-state index in [2.05, 4.69) is 118 Å². The Labute approximate surface area is 457 Å². The zero-order chi connectivity index (χ0) is 53.6. The number of unbranched alkanes of at least 4 members (excludes halogenated alkanes) is 29. The zero-order valence-electron chi connectivity index (χ0n) is 48.6. The molecular formula is C68H116O6. The van der Waals surface area contributed by atoms with Crippen LogP contribution in [0.3, 0.4) is 0 Å². The molecule has 0 saturated heterocycles. The molecule has 0 radical (unpaired) electrons. The Hall–Kier alpha value is -3.67. The monoisotopic (exact) mass is 1030 g/mol. The molecule has 1 atom stereocenters. The minimum Gasteiger partial charge on any atom is -0.462 e. The van der Waals surface area contributed by atoms with Gasteiger partial charge in [-0.3, -0.25) is 14.4 Å². The number of hydrogen-bond donors (Lipinski definition) is 0. The Morgan fingerprint density at radius 1 is 0.284 bits per heavy atom. The van der Waals surface area contributed by atoms with Gasteiger partial charge in [0, 0.05) is 19.3 Å². The molecule has 0 aliphatic heterocycles. The fraction of sp³-hybridized carbons (Fsp3) is 0.721. The third-order valence-corrected chi connectivity index (χ3v) is 13.3. The van der Waals surface area contributed by atoms with Gasteiger partial charge in [-0.25, -0.2) is 0 Å². The molecule has 0 aromatic rings. The molecule has 0 N–H and O–H groups in total. The van der Waals surface area contributed by atoms with E-state index in [1.165, 1.54) is 141 Å². The molecule has 0 rings (SSSR count). The number of esters is 3. The van der Waals surface area contributed by atoms with Crippen LogP contribution in [0, 0.1) is 0 Å².